The Bertz CT molecular complexity index is 1200. The first-order valence-electron chi connectivity index (χ1n) is 11.7. The Morgan fingerprint density at radius 2 is 1.89 bits per heavy atom. The molecule has 1 amide bonds. The number of piperidine rings is 1. The average molecular weight is 486 g/mol. The monoisotopic (exact) mass is 485 g/mol. The second-order valence-corrected chi connectivity index (χ2v) is 9.11. The van der Waals surface area contributed by atoms with Crippen molar-refractivity contribution in [3.05, 3.63) is 66.4 Å². The molecule has 2 unspecified atom stereocenters. The van der Waals surface area contributed by atoms with Gasteiger partial charge in [-0.1, -0.05) is 31.2 Å². The molecule has 0 radical (unpaired) electrons. The number of carbonyl (C=O) groups is 1. The fraction of sp³-hybridized carbons (Fsp3) is 0.385. The van der Waals surface area contributed by atoms with Gasteiger partial charge in [0, 0.05) is 37.8 Å². The number of pyridine rings is 1. The number of para-hydroxylation sites is 1. The van der Waals surface area contributed by atoms with E-state index in [1.165, 1.54) is 18.2 Å². The maximum Gasteiger partial charge on any atom is 0.573 e. The lowest BCUT2D eigenvalue weighted by molar-refractivity contribution is -0.274. The number of rotatable bonds is 7. The van der Waals surface area contributed by atoms with Gasteiger partial charge in [-0.05, 0) is 60.2 Å². The predicted molar refractivity (Wildman–Crippen MR) is 124 cm³/mol. The molecule has 9 heteroatoms. The standard InChI is InChI=1S/C26H26F3N3O3/c1-2-31-14-20-21(15-31)22(20)16-32(13-17-6-5-7-18(12-17)35-26(27,28)29)25(33)34-24-10-11-30-23-9-4-3-8-19(23)24/h3-12,20-22H,2,13-16H2,1H3. The van der Waals surface area contributed by atoms with Crippen LogP contribution in [0.3, 0.4) is 0 Å². The highest BCUT2D eigenvalue weighted by atomic mass is 19.4. The van der Waals surface area contributed by atoms with Gasteiger partial charge in [0.05, 0.1) is 5.52 Å². The van der Waals surface area contributed by atoms with Crippen LogP contribution in [0.4, 0.5) is 18.0 Å². The molecule has 0 spiro atoms. The number of hydrogen-bond acceptors (Lipinski definition) is 5. The largest absolute Gasteiger partial charge is 0.573 e. The van der Waals surface area contributed by atoms with Crippen molar-refractivity contribution in [3.63, 3.8) is 0 Å². The molecule has 3 aromatic rings. The number of nitrogens with zero attached hydrogens (tertiary/aromatic N) is 3. The van der Waals surface area contributed by atoms with Crippen LogP contribution in [0, 0.1) is 17.8 Å². The maximum absolute atomic E-state index is 13.3. The molecule has 2 atom stereocenters. The first-order valence-corrected chi connectivity index (χ1v) is 11.7. The van der Waals surface area contributed by atoms with Crippen molar-refractivity contribution in [2.45, 2.75) is 19.8 Å². The topological polar surface area (TPSA) is 54.9 Å². The first-order chi connectivity index (χ1) is 16.8. The highest BCUT2D eigenvalue weighted by molar-refractivity contribution is 5.87. The van der Waals surface area contributed by atoms with E-state index < -0.39 is 12.5 Å². The third-order valence-electron chi connectivity index (χ3n) is 6.90. The smallest absolute Gasteiger partial charge is 0.409 e. The van der Waals surface area contributed by atoms with Crippen LogP contribution >= 0.6 is 0 Å². The Labute approximate surface area is 201 Å². The number of alkyl halides is 3. The first kappa shape index (κ1) is 23.4. The lowest BCUT2D eigenvalue weighted by Gasteiger charge is -2.25. The van der Waals surface area contributed by atoms with Gasteiger partial charge in [0.2, 0.25) is 0 Å². The summed E-state index contributed by atoms with van der Waals surface area (Å²) in [5.74, 6) is 1.51. The van der Waals surface area contributed by atoms with Crippen molar-refractivity contribution < 1.29 is 27.4 Å². The molecule has 1 aliphatic heterocycles. The Morgan fingerprint density at radius 1 is 1.11 bits per heavy atom. The number of ether oxygens (including phenoxy) is 2. The van der Waals surface area contributed by atoms with Gasteiger partial charge in [0.15, 0.2) is 0 Å². The van der Waals surface area contributed by atoms with Crippen LogP contribution in [0.25, 0.3) is 10.9 Å². The predicted octanol–water partition coefficient (Wildman–Crippen LogP) is 5.33. The minimum atomic E-state index is -4.78. The number of carbonyl (C=O) groups excluding carboxylic acids is 1. The molecule has 6 nitrogen and oxygen atoms in total. The Hall–Kier alpha value is -3.33. The van der Waals surface area contributed by atoms with Gasteiger partial charge in [-0.3, -0.25) is 4.98 Å². The van der Waals surface area contributed by atoms with Crippen LogP contribution in [0.2, 0.25) is 0 Å². The molecule has 0 N–H and O–H groups in total. The van der Waals surface area contributed by atoms with E-state index in [0.717, 1.165) is 19.6 Å². The molecule has 1 saturated heterocycles. The lowest BCUT2D eigenvalue weighted by atomic mass is 10.2. The van der Waals surface area contributed by atoms with Crippen molar-refractivity contribution in [2.75, 3.05) is 26.2 Å². The minimum absolute atomic E-state index is 0.115. The van der Waals surface area contributed by atoms with Gasteiger partial charge < -0.3 is 19.3 Å². The van der Waals surface area contributed by atoms with Gasteiger partial charge >= 0.3 is 12.5 Å². The van der Waals surface area contributed by atoms with Crippen molar-refractivity contribution >= 4 is 17.0 Å². The van der Waals surface area contributed by atoms with Gasteiger partial charge in [0.25, 0.3) is 0 Å². The zero-order valence-electron chi connectivity index (χ0n) is 19.2. The quantitative estimate of drug-likeness (QED) is 0.453. The normalized spacial score (nSPS) is 21.5. The Balaban J connectivity index is 1.35. The second-order valence-electron chi connectivity index (χ2n) is 9.11. The number of halogens is 3. The zero-order valence-corrected chi connectivity index (χ0v) is 19.2. The summed E-state index contributed by atoms with van der Waals surface area (Å²) in [5.41, 5.74) is 1.24. The molecule has 2 aliphatic rings. The number of likely N-dealkylation sites (tertiary alicyclic amines) is 1. The summed E-state index contributed by atoms with van der Waals surface area (Å²) < 4.78 is 47.9. The SMILES string of the molecule is CCN1CC2C(C1)C2CN(Cc1cccc(OC(F)(F)F)c1)C(=O)Oc1ccnc2ccccc12. The molecular formula is C26H26F3N3O3. The van der Waals surface area contributed by atoms with Crippen molar-refractivity contribution in [3.8, 4) is 11.5 Å². The van der Waals surface area contributed by atoms with E-state index in [4.69, 9.17) is 4.74 Å². The molecule has 1 saturated carbocycles. The van der Waals surface area contributed by atoms with Gasteiger partial charge in [-0.25, -0.2) is 4.79 Å². The molecule has 2 fully saturated rings. The van der Waals surface area contributed by atoms with E-state index in [0.29, 0.717) is 46.5 Å². The van der Waals surface area contributed by atoms with E-state index >= 15 is 0 Å². The molecule has 35 heavy (non-hydrogen) atoms. The number of amides is 1. The number of fused-ring (bicyclic) bond motifs is 2. The summed E-state index contributed by atoms with van der Waals surface area (Å²) in [6, 6.07) is 14.7. The third-order valence-corrected chi connectivity index (χ3v) is 6.90. The Kier molecular flexibility index (Phi) is 6.27. The molecule has 5 rings (SSSR count). The number of benzene rings is 2. The number of hydrogen-bond donors (Lipinski definition) is 0. The van der Waals surface area contributed by atoms with Crippen LogP contribution < -0.4 is 9.47 Å². The van der Waals surface area contributed by atoms with Gasteiger partial charge in [-0.2, -0.15) is 0 Å². The number of aromatic nitrogens is 1. The van der Waals surface area contributed by atoms with Crippen molar-refractivity contribution in [2.24, 2.45) is 17.8 Å². The maximum atomic E-state index is 13.3. The van der Waals surface area contributed by atoms with Crippen LogP contribution in [0.15, 0.2) is 60.8 Å². The Morgan fingerprint density at radius 3 is 2.63 bits per heavy atom. The highest BCUT2D eigenvalue weighted by Crippen LogP contribution is 2.52. The van der Waals surface area contributed by atoms with Gasteiger partial charge in [0.1, 0.15) is 11.5 Å². The van der Waals surface area contributed by atoms with Gasteiger partial charge in [-0.15, -0.1) is 13.2 Å². The molecule has 2 aromatic carbocycles. The third kappa shape index (κ3) is 5.35. The van der Waals surface area contributed by atoms with Crippen molar-refractivity contribution in [1.29, 1.82) is 0 Å². The minimum Gasteiger partial charge on any atom is -0.409 e. The highest BCUT2D eigenvalue weighted by Gasteiger charge is 2.55. The zero-order chi connectivity index (χ0) is 24.6. The summed E-state index contributed by atoms with van der Waals surface area (Å²) >= 11 is 0. The van der Waals surface area contributed by atoms with E-state index in [1.807, 2.05) is 24.3 Å². The summed E-state index contributed by atoms with van der Waals surface area (Å²) in [5, 5.41) is 0.714. The van der Waals surface area contributed by atoms with Crippen LogP contribution in [0.5, 0.6) is 11.5 Å². The molecule has 2 heterocycles. The van der Waals surface area contributed by atoms with Crippen molar-refractivity contribution in [1.82, 2.24) is 14.8 Å². The molecule has 1 aromatic heterocycles. The summed E-state index contributed by atoms with van der Waals surface area (Å²) in [6.07, 6.45) is -3.74. The molecule has 0 bridgehead atoms. The lowest BCUT2D eigenvalue weighted by Crippen LogP contribution is -2.36. The van der Waals surface area contributed by atoms with E-state index in [-0.39, 0.29) is 12.3 Å². The van der Waals surface area contributed by atoms with Crippen LogP contribution in [0.1, 0.15) is 12.5 Å². The summed E-state index contributed by atoms with van der Waals surface area (Å²) in [7, 11) is 0. The summed E-state index contributed by atoms with van der Waals surface area (Å²) in [6.45, 7) is 5.77. The van der Waals surface area contributed by atoms with Crippen LogP contribution in [-0.2, 0) is 6.54 Å². The fourth-order valence-electron chi connectivity index (χ4n) is 5.10. The molecule has 184 valence electrons. The molecular weight excluding hydrogens is 459 g/mol. The average Bonchev–Trinajstić information content (AvgIpc) is 3.25. The van der Waals surface area contributed by atoms with E-state index in [9.17, 15) is 18.0 Å². The van der Waals surface area contributed by atoms with Crippen LogP contribution in [-0.4, -0.2) is 53.4 Å². The fourth-order valence-corrected chi connectivity index (χ4v) is 5.10. The molecule has 1 aliphatic carbocycles. The van der Waals surface area contributed by atoms with E-state index in [2.05, 4.69) is 21.5 Å². The second kappa shape index (κ2) is 9.37. The van der Waals surface area contributed by atoms with E-state index in [1.54, 1.807) is 23.2 Å². The summed E-state index contributed by atoms with van der Waals surface area (Å²) in [4.78, 5) is 21.6.